The lowest BCUT2D eigenvalue weighted by molar-refractivity contribution is 0.569. The third kappa shape index (κ3) is 2.30. The van der Waals surface area contributed by atoms with E-state index in [9.17, 15) is 4.39 Å². The number of aromatic nitrogens is 3. The minimum atomic E-state index is -0.331. The second kappa shape index (κ2) is 5.16. The lowest BCUT2D eigenvalue weighted by Crippen LogP contribution is -2.11. The number of rotatable bonds is 3. The first-order valence-corrected chi connectivity index (χ1v) is 6.43. The van der Waals surface area contributed by atoms with E-state index in [1.54, 1.807) is 12.1 Å². The third-order valence-corrected chi connectivity index (χ3v) is 3.13. The molecule has 1 aromatic carbocycles. The zero-order valence-corrected chi connectivity index (χ0v) is 11.8. The van der Waals surface area contributed by atoms with E-state index in [-0.39, 0.29) is 18.4 Å². The van der Waals surface area contributed by atoms with E-state index in [2.05, 4.69) is 26.1 Å². The summed E-state index contributed by atoms with van der Waals surface area (Å²) in [6, 6.07) is 5.00. The first-order valence-electron chi connectivity index (χ1n) is 5.64. The van der Waals surface area contributed by atoms with Crippen molar-refractivity contribution in [1.29, 1.82) is 0 Å². The van der Waals surface area contributed by atoms with Crippen LogP contribution in [0.4, 0.5) is 4.39 Å². The molecule has 0 aliphatic carbocycles. The van der Waals surface area contributed by atoms with Crippen molar-refractivity contribution in [3.8, 4) is 11.4 Å². The van der Waals surface area contributed by atoms with Crippen molar-refractivity contribution in [2.24, 2.45) is 5.73 Å². The molecule has 0 spiro atoms. The molecule has 2 N–H and O–H groups in total. The summed E-state index contributed by atoms with van der Waals surface area (Å²) in [6.45, 7) is 4.26. The molecule has 2 rings (SSSR count). The topological polar surface area (TPSA) is 56.7 Å². The third-order valence-electron chi connectivity index (χ3n) is 2.64. The Labute approximate surface area is 113 Å². The first kappa shape index (κ1) is 13.2. The van der Waals surface area contributed by atoms with Gasteiger partial charge in [-0.15, -0.1) is 10.2 Å². The minimum Gasteiger partial charge on any atom is -0.324 e. The van der Waals surface area contributed by atoms with Gasteiger partial charge < -0.3 is 10.3 Å². The summed E-state index contributed by atoms with van der Waals surface area (Å²) in [4.78, 5) is 0. The van der Waals surface area contributed by atoms with Crippen LogP contribution in [0.15, 0.2) is 22.7 Å². The summed E-state index contributed by atoms with van der Waals surface area (Å²) in [5.41, 5.74) is 6.05. The number of hydrogen-bond donors (Lipinski definition) is 1. The number of nitrogens with zero attached hydrogens (tertiary/aromatic N) is 3. The van der Waals surface area contributed by atoms with Gasteiger partial charge in [0, 0.05) is 10.5 Å². The largest absolute Gasteiger partial charge is 0.324 e. The molecular weight excluding hydrogens is 299 g/mol. The van der Waals surface area contributed by atoms with Crippen molar-refractivity contribution in [2.45, 2.75) is 26.4 Å². The van der Waals surface area contributed by atoms with E-state index in [1.807, 2.05) is 18.4 Å². The second-order valence-electron chi connectivity index (χ2n) is 4.23. The number of benzene rings is 1. The molecule has 1 aromatic heterocycles. The van der Waals surface area contributed by atoms with Crippen LogP contribution < -0.4 is 5.73 Å². The molecule has 2 aromatic rings. The van der Waals surface area contributed by atoms with Gasteiger partial charge >= 0.3 is 0 Å². The number of halogens is 2. The molecule has 18 heavy (non-hydrogen) atoms. The highest BCUT2D eigenvalue weighted by Gasteiger charge is 2.18. The highest BCUT2D eigenvalue weighted by atomic mass is 79.9. The number of hydrogen-bond acceptors (Lipinski definition) is 3. The Morgan fingerprint density at radius 3 is 2.67 bits per heavy atom. The predicted molar refractivity (Wildman–Crippen MR) is 71.4 cm³/mol. The Bertz CT molecular complexity index is 565. The van der Waals surface area contributed by atoms with Gasteiger partial charge in [-0.05, 0) is 32.0 Å². The van der Waals surface area contributed by atoms with E-state index in [0.29, 0.717) is 21.7 Å². The summed E-state index contributed by atoms with van der Waals surface area (Å²) >= 11 is 3.23. The normalized spacial score (nSPS) is 11.2. The lowest BCUT2D eigenvalue weighted by Gasteiger charge is -2.13. The molecule has 96 valence electrons. The van der Waals surface area contributed by atoms with Crippen molar-refractivity contribution in [3.05, 3.63) is 34.3 Å². The van der Waals surface area contributed by atoms with Gasteiger partial charge in [0.05, 0.1) is 12.1 Å². The summed E-state index contributed by atoms with van der Waals surface area (Å²) in [6.07, 6.45) is 0. The van der Waals surface area contributed by atoms with Gasteiger partial charge in [-0.3, -0.25) is 0 Å². The zero-order valence-electron chi connectivity index (χ0n) is 10.2. The fourth-order valence-electron chi connectivity index (χ4n) is 1.86. The monoisotopic (exact) mass is 312 g/mol. The summed E-state index contributed by atoms with van der Waals surface area (Å²) < 4.78 is 16.5. The van der Waals surface area contributed by atoms with Crippen LogP contribution in [0.1, 0.15) is 25.7 Å². The molecular formula is C12H14BrFN4. The van der Waals surface area contributed by atoms with Crippen LogP contribution in [0.25, 0.3) is 11.4 Å². The van der Waals surface area contributed by atoms with Gasteiger partial charge in [-0.2, -0.15) is 0 Å². The van der Waals surface area contributed by atoms with Crippen LogP contribution in [0.2, 0.25) is 0 Å². The average molecular weight is 313 g/mol. The molecule has 4 nitrogen and oxygen atoms in total. The SMILES string of the molecule is CC(C)n1c(CN)nnc1-c1ccc(Br)cc1F. The minimum absolute atomic E-state index is 0.122. The molecule has 0 aliphatic rings. The quantitative estimate of drug-likeness (QED) is 0.948. The molecule has 0 amide bonds. The van der Waals surface area contributed by atoms with E-state index < -0.39 is 0 Å². The van der Waals surface area contributed by atoms with E-state index in [1.165, 1.54) is 6.07 Å². The van der Waals surface area contributed by atoms with Crippen molar-refractivity contribution < 1.29 is 4.39 Å². The molecule has 0 saturated carbocycles. The van der Waals surface area contributed by atoms with Gasteiger partial charge in [0.1, 0.15) is 11.6 Å². The smallest absolute Gasteiger partial charge is 0.167 e. The number of nitrogens with two attached hydrogens (primary N) is 1. The Morgan fingerprint density at radius 2 is 2.11 bits per heavy atom. The van der Waals surface area contributed by atoms with E-state index >= 15 is 0 Å². The van der Waals surface area contributed by atoms with Gasteiger partial charge in [-0.25, -0.2) is 4.39 Å². The molecule has 0 fully saturated rings. The van der Waals surface area contributed by atoms with E-state index in [0.717, 1.165) is 0 Å². The van der Waals surface area contributed by atoms with Gasteiger partial charge in [0.2, 0.25) is 0 Å². The average Bonchev–Trinajstić information content (AvgIpc) is 2.72. The molecule has 0 aliphatic heterocycles. The van der Waals surface area contributed by atoms with Crippen molar-refractivity contribution >= 4 is 15.9 Å². The Hall–Kier alpha value is -1.27. The maximum absolute atomic E-state index is 14.0. The maximum Gasteiger partial charge on any atom is 0.167 e. The van der Waals surface area contributed by atoms with E-state index in [4.69, 9.17) is 5.73 Å². The van der Waals surface area contributed by atoms with Crippen LogP contribution in [0.5, 0.6) is 0 Å². The molecule has 0 bridgehead atoms. The summed E-state index contributed by atoms with van der Waals surface area (Å²) in [5.74, 6) is 0.833. The fraction of sp³-hybridized carbons (Fsp3) is 0.333. The Kier molecular flexibility index (Phi) is 3.77. The van der Waals surface area contributed by atoms with Crippen LogP contribution in [0, 0.1) is 5.82 Å². The standard InChI is InChI=1S/C12H14BrFN4/c1-7(2)18-11(6-15)16-17-12(18)9-4-3-8(13)5-10(9)14/h3-5,7H,6,15H2,1-2H3. The van der Waals surface area contributed by atoms with Crippen molar-refractivity contribution in [3.63, 3.8) is 0 Å². The van der Waals surface area contributed by atoms with Crippen molar-refractivity contribution in [2.75, 3.05) is 0 Å². The van der Waals surface area contributed by atoms with Crippen LogP contribution in [-0.2, 0) is 6.54 Å². The van der Waals surface area contributed by atoms with Crippen LogP contribution in [0.3, 0.4) is 0 Å². The zero-order chi connectivity index (χ0) is 13.3. The molecule has 6 heteroatoms. The first-order chi connectivity index (χ1) is 8.54. The Morgan fingerprint density at radius 1 is 1.39 bits per heavy atom. The van der Waals surface area contributed by atoms with Gasteiger partial charge in [-0.1, -0.05) is 15.9 Å². The fourth-order valence-corrected chi connectivity index (χ4v) is 2.19. The lowest BCUT2D eigenvalue weighted by atomic mass is 10.2. The molecule has 0 atom stereocenters. The summed E-state index contributed by atoms with van der Waals surface area (Å²) in [5, 5.41) is 8.05. The van der Waals surface area contributed by atoms with Gasteiger partial charge in [0.25, 0.3) is 0 Å². The van der Waals surface area contributed by atoms with Crippen LogP contribution >= 0.6 is 15.9 Å². The van der Waals surface area contributed by atoms with Crippen molar-refractivity contribution in [1.82, 2.24) is 14.8 Å². The van der Waals surface area contributed by atoms with Gasteiger partial charge in [0.15, 0.2) is 5.82 Å². The molecule has 0 saturated heterocycles. The highest BCUT2D eigenvalue weighted by Crippen LogP contribution is 2.26. The molecule has 0 radical (unpaired) electrons. The molecule has 0 unspecified atom stereocenters. The van der Waals surface area contributed by atoms with Crippen LogP contribution in [-0.4, -0.2) is 14.8 Å². The highest BCUT2D eigenvalue weighted by molar-refractivity contribution is 9.10. The second-order valence-corrected chi connectivity index (χ2v) is 5.15. The molecule has 1 heterocycles. The predicted octanol–water partition coefficient (Wildman–Crippen LogP) is 2.89. The summed E-state index contributed by atoms with van der Waals surface area (Å²) in [7, 11) is 0. The maximum atomic E-state index is 14.0. The Balaban J connectivity index is 2.60.